The molecule has 26 heavy (non-hydrogen) atoms. The number of thioether (sulfide) groups is 1. The molecule has 0 spiro atoms. The Hall–Kier alpha value is -1.53. The smallest absolute Gasteiger partial charge is 0.232 e. The summed E-state index contributed by atoms with van der Waals surface area (Å²) in [6.07, 6.45) is 4.84. The maximum atomic E-state index is 12.2. The van der Waals surface area contributed by atoms with Gasteiger partial charge in [0.15, 0.2) is 0 Å². The van der Waals surface area contributed by atoms with Gasteiger partial charge >= 0.3 is 0 Å². The summed E-state index contributed by atoms with van der Waals surface area (Å²) in [6.45, 7) is 4.54. The Kier molecular flexibility index (Phi) is 6.97. The van der Waals surface area contributed by atoms with Gasteiger partial charge in [0.2, 0.25) is 11.8 Å². The van der Waals surface area contributed by atoms with Gasteiger partial charge in [-0.1, -0.05) is 18.2 Å². The summed E-state index contributed by atoms with van der Waals surface area (Å²) in [5, 5.41) is 3.05. The van der Waals surface area contributed by atoms with E-state index in [1.807, 2.05) is 11.8 Å². The number of ether oxygens (including phenoxy) is 1. The first-order valence-corrected chi connectivity index (χ1v) is 10.6. The monoisotopic (exact) mass is 376 g/mol. The molecule has 1 fully saturated rings. The molecule has 1 heterocycles. The maximum absolute atomic E-state index is 12.2. The van der Waals surface area contributed by atoms with Crippen LogP contribution in [0.25, 0.3) is 0 Å². The number of benzene rings is 1. The number of carbonyl (C=O) groups excluding carboxylic acids is 2. The van der Waals surface area contributed by atoms with E-state index in [2.05, 4.69) is 23.5 Å². The van der Waals surface area contributed by atoms with Crippen molar-refractivity contribution in [2.75, 3.05) is 37.8 Å². The second-order valence-electron chi connectivity index (χ2n) is 7.01. The number of morpholine rings is 1. The average Bonchev–Trinajstić information content (AvgIpc) is 2.68. The molecule has 1 N–H and O–H groups in total. The molecule has 0 radical (unpaired) electrons. The summed E-state index contributed by atoms with van der Waals surface area (Å²) >= 11 is 1.38. The minimum atomic E-state index is -0.0185. The number of nitrogens with zero attached hydrogens (tertiary/aromatic N) is 1. The molecule has 1 atom stereocenters. The van der Waals surface area contributed by atoms with Crippen LogP contribution in [0.4, 0.5) is 0 Å². The van der Waals surface area contributed by atoms with E-state index in [0.717, 1.165) is 12.0 Å². The quantitative estimate of drug-likeness (QED) is 0.828. The van der Waals surface area contributed by atoms with Crippen molar-refractivity contribution < 1.29 is 14.3 Å². The highest BCUT2D eigenvalue weighted by Gasteiger charge is 2.18. The molecule has 1 aromatic rings. The number of hydrogen-bond donors (Lipinski definition) is 1. The maximum Gasteiger partial charge on any atom is 0.232 e. The Labute approximate surface area is 159 Å². The van der Waals surface area contributed by atoms with E-state index in [-0.39, 0.29) is 17.9 Å². The van der Waals surface area contributed by atoms with E-state index in [9.17, 15) is 9.59 Å². The van der Waals surface area contributed by atoms with Gasteiger partial charge in [0.1, 0.15) is 0 Å². The van der Waals surface area contributed by atoms with Crippen molar-refractivity contribution in [3.63, 3.8) is 0 Å². The highest BCUT2D eigenvalue weighted by atomic mass is 32.2. The molecule has 5 nitrogen and oxygen atoms in total. The van der Waals surface area contributed by atoms with Gasteiger partial charge in [0.05, 0.1) is 30.8 Å². The SMILES string of the molecule is CC(NC(=O)CSCC(=O)N1CCOCC1)c1ccc2c(c1)CCCC2. The lowest BCUT2D eigenvalue weighted by molar-refractivity contribution is -0.132. The summed E-state index contributed by atoms with van der Waals surface area (Å²) in [7, 11) is 0. The molecule has 6 heteroatoms. The zero-order valence-corrected chi connectivity index (χ0v) is 16.3. The van der Waals surface area contributed by atoms with Crippen molar-refractivity contribution >= 4 is 23.6 Å². The topological polar surface area (TPSA) is 58.6 Å². The zero-order valence-electron chi connectivity index (χ0n) is 15.5. The highest BCUT2D eigenvalue weighted by Crippen LogP contribution is 2.24. The molecule has 142 valence electrons. The van der Waals surface area contributed by atoms with Gasteiger partial charge < -0.3 is 15.0 Å². The third-order valence-electron chi connectivity index (χ3n) is 5.07. The molecule has 1 aliphatic heterocycles. The zero-order chi connectivity index (χ0) is 18.4. The molecule has 3 rings (SSSR count). The summed E-state index contributed by atoms with van der Waals surface area (Å²) in [5.74, 6) is 0.732. The molecule has 2 aliphatic rings. The first-order chi connectivity index (χ1) is 12.6. The second-order valence-corrected chi connectivity index (χ2v) is 8.00. The van der Waals surface area contributed by atoms with Crippen molar-refractivity contribution in [1.82, 2.24) is 10.2 Å². The van der Waals surface area contributed by atoms with Gasteiger partial charge in [0, 0.05) is 13.1 Å². The van der Waals surface area contributed by atoms with Crippen LogP contribution in [0.5, 0.6) is 0 Å². The predicted molar refractivity (Wildman–Crippen MR) is 104 cm³/mol. The Morgan fingerprint density at radius 1 is 1.15 bits per heavy atom. The minimum Gasteiger partial charge on any atom is -0.378 e. The molecule has 0 bridgehead atoms. The summed E-state index contributed by atoms with van der Waals surface area (Å²) in [6, 6.07) is 6.58. The molecule has 0 saturated carbocycles. The number of nitrogens with one attached hydrogen (secondary N) is 1. The largest absolute Gasteiger partial charge is 0.378 e. The lowest BCUT2D eigenvalue weighted by atomic mass is 9.89. The van der Waals surface area contributed by atoms with Crippen molar-refractivity contribution in [2.45, 2.75) is 38.6 Å². The van der Waals surface area contributed by atoms with Crippen molar-refractivity contribution in [2.24, 2.45) is 0 Å². The first kappa shape index (κ1) is 19.2. The van der Waals surface area contributed by atoms with E-state index >= 15 is 0 Å². The lowest BCUT2D eigenvalue weighted by Gasteiger charge is -2.26. The Bertz CT molecular complexity index is 644. The number of aryl methyl sites for hydroxylation is 2. The van der Waals surface area contributed by atoms with Crippen LogP contribution in [-0.2, 0) is 27.2 Å². The van der Waals surface area contributed by atoms with Crippen molar-refractivity contribution in [3.05, 3.63) is 34.9 Å². The van der Waals surface area contributed by atoms with E-state index in [4.69, 9.17) is 4.74 Å². The molecule has 0 aromatic heterocycles. The van der Waals surface area contributed by atoms with Gasteiger partial charge in [-0.25, -0.2) is 0 Å². The third kappa shape index (κ3) is 5.24. The fraction of sp³-hybridized carbons (Fsp3) is 0.600. The molecular weight excluding hydrogens is 348 g/mol. The van der Waals surface area contributed by atoms with Crippen LogP contribution in [0.2, 0.25) is 0 Å². The molecule has 1 aromatic carbocycles. The standard InChI is InChI=1S/C20H28N2O3S/c1-15(17-7-6-16-4-2-3-5-18(16)12-17)21-19(23)13-26-14-20(24)22-8-10-25-11-9-22/h6-7,12,15H,2-5,8-11,13-14H2,1H3,(H,21,23). The van der Waals surface area contributed by atoms with Crippen molar-refractivity contribution in [3.8, 4) is 0 Å². The van der Waals surface area contributed by atoms with Crippen LogP contribution in [-0.4, -0.2) is 54.5 Å². The molecule has 1 saturated heterocycles. The molecule has 1 aliphatic carbocycles. The van der Waals surface area contributed by atoms with Gasteiger partial charge in [-0.2, -0.15) is 0 Å². The van der Waals surface area contributed by atoms with Crippen LogP contribution >= 0.6 is 11.8 Å². The average molecular weight is 377 g/mol. The molecule has 2 amide bonds. The van der Waals surface area contributed by atoms with Crippen LogP contribution in [0, 0.1) is 0 Å². The van der Waals surface area contributed by atoms with E-state index < -0.39 is 0 Å². The number of hydrogen-bond acceptors (Lipinski definition) is 4. The van der Waals surface area contributed by atoms with E-state index in [0.29, 0.717) is 37.8 Å². The minimum absolute atomic E-state index is 0.00901. The van der Waals surface area contributed by atoms with Crippen LogP contribution in [0.3, 0.4) is 0 Å². The molecule has 1 unspecified atom stereocenters. The fourth-order valence-electron chi connectivity index (χ4n) is 3.52. The second kappa shape index (κ2) is 9.42. The van der Waals surface area contributed by atoms with Crippen LogP contribution in [0.1, 0.15) is 42.5 Å². The third-order valence-corrected chi connectivity index (χ3v) is 5.99. The number of fused-ring (bicyclic) bond motifs is 1. The first-order valence-electron chi connectivity index (χ1n) is 9.48. The Balaban J connectivity index is 1.42. The summed E-state index contributed by atoms with van der Waals surface area (Å²) in [5.41, 5.74) is 4.05. The van der Waals surface area contributed by atoms with Crippen LogP contribution in [0.15, 0.2) is 18.2 Å². The highest BCUT2D eigenvalue weighted by molar-refractivity contribution is 8.00. The van der Waals surface area contributed by atoms with E-state index in [1.54, 1.807) is 0 Å². The Morgan fingerprint density at radius 2 is 1.88 bits per heavy atom. The summed E-state index contributed by atoms with van der Waals surface area (Å²) < 4.78 is 5.25. The van der Waals surface area contributed by atoms with Crippen LogP contribution < -0.4 is 5.32 Å². The van der Waals surface area contributed by atoms with E-state index in [1.165, 1.54) is 42.2 Å². The number of amides is 2. The van der Waals surface area contributed by atoms with Gasteiger partial charge in [0.25, 0.3) is 0 Å². The molecular formula is C20H28N2O3S. The van der Waals surface area contributed by atoms with Gasteiger partial charge in [-0.3, -0.25) is 9.59 Å². The Morgan fingerprint density at radius 3 is 2.65 bits per heavy atom. The predicted octanol–water partition coefficient (Wildman–Crippen LogP) is 2.33. The normalized spacial score (nSPS) is 18.1. The van der Waals surface area contributed by atoms with Gasteiger partial charge in [-0.05, 0) is 49.3 Å². The van der Waals surface area contributed by atoms with Crippen molar-refractivity contribution in [1.29, 1.82) is 0 Å². The number of carbonyl (C=O) groups is 2. The number of rotatable bonds is 6. The fourth-order valence-corrected chi connectivity index (χ4v) is 4.25. The van der Waals surface area contributed by atoms with Gasteiger partial charge in [-0.15, -0.1) is 11.8 Å². The summed E-state index contributed by atoms with van der Waals surface area (Å²) in [4.78, 5) is 26.1. The lowest BCUT2D eigenvalue weighted by Crippen LogP contribution is -2.41.